The first-order chi connectivity index (χ1) is 12.0. The molecule has 5 heteroatoms. The fourth-order valence-electron chi connectivity index (χ4n) is 3.82. The summed E-state index contributed by atoms with van der Waals surface area (Å²) < 4.78 is 29.3. The number of carboxylic acids is 1. The molecule has 1 N–H and O–H groups in total. The molecule has 0 aromatic heterocycles. The highest BCUT2D eigenvalue weighted by molar-refractivity contribution is 5.70. The molecule has 0 saturated heterocycles. The van der Waals surface area contributed by atoms with Crippen LogP contribution in [0.3, 0.4) is 0 Å². The molecule has 1 spiro atoms. The highest BCUT2D eigenvalue weighted by Crippen LogP contribution is 2.51. The van der Waals surface area contributed by atoms with E-state index in [1.807, 2.05) is 13.8 Å². The molecule has 2 saturated carbocycles. The van der Waals surface area contributed by atoms with E-state index in [1.54, 1.807) is 0 Å². The zero-order chi connectivity index (χ0) is 18.9. The number of benzene rings is 1. The van der Waals surface area contributed by atoms with Gasteiger partial charge in [0.15, 0.2) is 11.6 Å². The van der Waals surface area contributed by atoms with Crippen LogP contribution in [0.25, 0.3) is 0 Å². The van der Waals surface area contributed by atoms with Gasteiger partial charge < -0.3 is 9.84 Å². The predicted molar refractivity (Wildman–Crippen MR) is 94.8 cm³/mol. The maximum Gasteiger partial charge on any atom is 0.306 e. The van der Waals surface area contributed by atoms with Crippen LogP contribution in [0.1, 0.15) is 65.2 Å². The number of hydrogen-bond acceptors (Lipinski definition) is 2. The molecule has 2 aliphatic carbocycles. The minimum Gasteiger partial charge on any atom is -0.494 e. The first-order valence-corrected chi connectivity index (χ1v) is 9.18. The van der Waals surface area contributed by atoms with E-state index >= 15 is 0 Å². The Labute approximate surface area is 149 Å². The molecule has 0 amide bonds. The van der Waals surface area contributed by atoms with E-state index in [2.05, 4.69) is 4.74 Å². The monoisotopic (exact) mass is 356 g/mol. The first kappa shape index (κ1) is 21.4. The van der Waals surface area contributed by atoms with E-state index in [0.717, 1.165) is 18.9 Å². The topological polar surface area (TPSA) is 46.5 Å². The first-order valence-electron chi connectivity index (χ1n) is 9.18. The molecule has 0 heterocycles. The Hall–Kier alpha value is -1.65. The lowest BCUT2D eigenvalue weighted by Crippen LogP contribution is -2.21. The average molecular weight is 356 g/mol. The molecule has 1 aromatic rings. The fraction of sp³-hybridized carbons (Fsp3) is 0.650. The molecule has 1 unspecified atom stereocenters. The zero-order valence-electron chi connectivity index (χ0n) is 15.5. The summed E-state index contributed by atoms with van der Waals surface area (Å²) in [5, 5.41) is 8.93. The Morgan fingerprint density at radius 1 is 1.16 bits per heavy atom. The van der Waals surface area contributed by atoms with Crippen LogP contribution < -0.4 is 4.74 Å². The van der Waals surface area contributed by atoms with E-state index < -0.39 is 17.6 Å². The number of ether oxygens (including phenoxy) is 1. The van der Waals surface area contributed by atoms with Crippen LogP contribution in [0.4, 0.5) is 8.78 Å². The lowest BCUT2D eigenvalue weighted by molar-refractivity contribution is -0.141. The Balaban J connectivity index is 0.000000235. The second-order valence-electron chi connectivity index (χ2n) is 6.59. The number of carbonyl (C=O) groups is 1. The lowest BCUT2D eigenvalue weighted by Gasteiger charge is -2.33. The molecule has 0 radical (unpaired) electrons. The van der Waals surface area contributed by atoms with Gasteiger partial charge in [-0.05, 0) is 49.7 Å². The maximum absolute atomic E-state index is 12.5. The van der Waals surface area contributed by atoms with Crippen molar-refractivity contribution in [3.05, 3.63) is 29.8 Å². The fourth-order valence-corrected chi connectivity index (χ4v) is 3.82. The van der Waals surface area contributed by atoms with Crippen LogP contribution in [-0.2, 0) is 4.79 Å². The molecule has 2 fully saturated rings. The van der Waals surface area contributed by atoms with Crippen molar-refractivity contribution in [1.29, 1.82) is 0 Å². The molecule has 1 aromatic carbocycles. The van der Waals surface area contributed by atoms with Gasteiger partial charge in [0.05, 0.1) is 13.0 Å². The Morgan fingerprint density at radius 2 is 1.80 bits per heavy atom. The summed E-state index contributed by atoms with van der Waals surface area (Å²) in [5.41, 5.74) is 0.446. The number of methoxy groups -OCH3 is 1. The SMILES string of the molecule is CC.COc1cccc(F)c1F.O=C(O)C1CCC2(CCCCC2)C1. The number of rotatable bonds is 2. The van der Waals surface area contributed by atoms with Crippen molar-refractivity contribution < 1.29 is 23.4 Å². The molecule has 25 heavy (non-hydrogen) atoms. The normalized spacial score (nSPS) is 20.8. The summed E-state index contributed by atoms with van der Waals surface area (Å²) in [4.78, 5) is 10.8. The van der Waals surface area contributed by atoms with Crippen LogP contribution in [-0.4, -0.2) is 18.2 Å². The minimum atomic E-state index is -0.940. The van der Waals surface area contributed by atoms with Gasteiger partial charge in [0, 0.05) is 0 Å². The maximum atomic E-state index is 12.5. The summed E-state index contributed by atoms with van der Waals surface area (Å²) in [6.45, 7) is 4.00. The van der Waals surface area contributed by atoms with Gasteiger partial charge >= 0.3 is 5.97 Å². The van der Waals surface area contributed by atoms with Crippen molar-refractivity contribution >= 4 is 5.97 Å². The Kier molecular flexibility index (Phi) is 8.87. The minimum absolute atomic E-state index is 0.0295. The standard InChI is InChI=1S/C11H18O2.C7H6F2O.C2H6/c12-10(13)9-4-7-11(8-9)5-2-1-3-6-11;1-10-6-4-2-3-5(8)7(6)9;1-2/h9H,1-8H2,(H,12,13);2-4H,1H3;1-2H3. The quantitative estimate of drug-likeness (QED) is 0.726. The number of halogens is 2. The van der Waals surface area contributed by atoms with Crippen LogP contribution >= 0.6 is 0 Å². The van der Waals surface area contributed by atoms with Crippen LogP contribution in [0, 0.1) is 23.0 Å². The third-order valence-electron chi connectivity index (χ3n) is 5.10. The van der Waals surface area contributed by atoms with Crippen molar-refractivity contribution in [1.82, 2.24) is 0 Å². The smallest absolute Gasteiger partial charge is 0.306 e. The highest BCUT2D eigenvalue weighted by Gasteiger charge is 2.42. The molecule has 142 valence electrons. The van der Waals surface area contributed by atoms with Crippen LogP contribution in [0.2, 0.25) is 0 Å². The Bertz CT molecular complexity index is 540. The van der Waals surface area contributed by atoms with Crippen LogP contribution in [0.5, 0.6) is 5.75 Å². The van der Waals surface area contributed by atoms with E-state index in [1.165, 1.54) is 57.8 Å². The Morgan fingerprint density at radius 3 is 2.28 bits per heavy atom. The van der Waals surface area contributed by atoms with Crippen molar-refractivity contribution in [3.8, 4) is 5.75 Å². The van der Waals surface area contributed by atoms with Gasteiger partial charge in [0.25, 0.3) is 0 Å². The molecule has 3 rings (SSSR count). The second-order valence-corrected chi connectivity index (χ2v) is 6.59. The van der Waals surface area contributed by atoms with Crippen LogP contribution in [0.15, 0.2) is 18.2 Å². The van der Waals surface area contributed by atoms with E-state index in [4.69, 9.17) is 5.11 Å². The average Bonchev–Trinajstić information content (AvgIpc) is 3.04. The summed E-state index contributed by atoms with van der Waals surface area (Å²) >= 11 is 0. The van der Waals surface area contributed by atoms with Gasteiger partial charge in [-0.25, -0.2) is 4.39 Å². The van der Waals surface area contributed by atoms with Crippen molar-refractivity contribution in [2.24, 2.45) is 11.3 Å². The lowest BCUT2D eigenvalue weighted by atomic mass is 9.72. The third kappa shape index (κ3) is 5.98. The van der Waals surface area contributed by atoms with Gasteiger partial charge in [-0.3, -0.25) is 4.79 Å². The van der Waals surface area contributed by atoms with Crippen molar-refractivity contribution in [3.63, 3.8) is 0 Å². The number of hydrogen-bond donors (Lipinski definition) is 1. The third-order valence-corrected chi connectivity index (χ3v) is 5.10. The molecule has 0 bridgehead atoms. The van der Waals surface area contributed by atoms with Gasteiger partial charge in [-0.1, -0.05) is 39.2 Å². The van der Waals surface area contributed by atoms with E-state index in [-0.39, 0.29) is 11.7 Å². The second kappa shape index (κ2) is 10.4. The van der Waals surface area contributed by atoms with Gasteiger partial charge in [-0.15, -0.1) is 0 Å². The molecule has 2 aliphatic rings. The number of aliphatic carboxylic acids is 1. The van der Waals surface area contributed by atoms with Gasteiger partial charge in [0.1, 0.15) is 0 Å². The van der Waals surface area contributed by atoms with E-state index in [9.17, 15) is 13.6 Å². The zero-order valence-corrected chi connectivity index (χ0v) is 15.5. The largest absolute Gasteiger partial charge is 0.494 e. The molecule has 1 atom stereocenters. The van der Waals surface area contributed by atoms with Gasteiger partial charge in [0.2, 0.25) is 5.82 Å². The van der Waals surface area contributed by atoms with Crippen molar-refractivity contribution in [2.45, 2.75) is 65.2 Å². The van der Waals surface area contributed by atoms with E-state index in [0.29, 0.717) is 5.41 Å². The summed E-state index contributed by atoms with van der Waals surface area (Å²) in [6.07, 6.45) is 9.65. The number of carboxylic acid groups (broad SMARTS) is 1. The summed E-state index contributed by atoms with van der Waals surface area (Å²) in [5.74, 6) is -2.50. The molecule has 3 nitrogen and oxygen atoms in total. The molecule has 0 aliphatic heterocycles. The molecular weight excluding hydrogens is 326 g/mol. The van der Waals surface area contributed by atoms with Gasteiger partial charge in [-0.2, -0.15) is 4.39 Å². The molecular formula is C20H30F2O3. The summed E-state index contributed by atoms with van der Waals surface area (Å²) in [7, 11) is 1.29. The highest BCUT2D eigenvalue weighted by atomic mass is 19.2. The van der Waals surface area contributed by atoms with Crippen molar-refractivity contribution in [2.75, 3.05) is 7.11 Å². The summed E-state index contributed by atoms with van der Waals surface area (Å²) in [6, 6.07) is 3.79. The predicted octanol–water partition coefficient (Wildman–Crippen LogP) is 5.82.